The number of carboxylic acid groups (broad SMARTS) is 2. The van der Waals surface area contributed by atoms with Gasteiger partial charge in [0, 0.05) is 37.9 Å². The smallest absolute Gasteiger partial charge is 0.312 e. The van der Waals surface area contributed by atoms with Crippen molar-refractivity contribution in [3.05, 3.63) is 120 Å². The van der Waals surface area contributed by atoms with Gasteiger partial charge in [-0.3, -0.25) is 9.59 Å². The minimum atomic E-state index is -0.903. The second kappa shape index (κ2) is 17.0. The summed E-state index contributed by atoms with van der Waals surface area (Å²) in [6.07, 6.45) is 28.7. The molecule has 1 saturated carbocycles. The Kier molecular flexibility index (Phi) is 12.1. The topological polar surface area (TPSA) is 188 Å². The summed E-state index contributed by atoms with van der Waals surface area (Å²) in [5, 5.41) is 19.2. The van der Waals surface area contributed by atoms with E-state index in [9.17, 15) is 19.8 Å². The van der Waals surface area contributed by atoms with Crippen molar-refractivity contribution in [1.82, 2.24) is 29.1 Å². The van der Waals surface area contributed by atoms with E-state index in [1.54, 1.807) is 49.4 Å². The second-order valence-corrected chi connectivity index (χ2v) is 12.6. The number of rotatable bonds is 12. The third-order valence-corrected chi connectivity index (χ3v) is 8.82. The van der Waals surface area contributed by atoms with Crippen molar-refractivity contribution >= 4 is 23.6 Å². The monoisotopic (exact) mass is 664 g/mol. The van der Waals surface area contributed by atoms with Crippen molar-refractivity contribution in [2.75, 3.05) is 11.5 Å². The molecule has 0 aliphatic heterocycles. The van der Waals surface area contributed by atoms with Crippen molar-refractivity contribution < 1.29 is 19.8 Å². The zero-order valence-electron chi connectivity index (χ0n) is 27.5. The molecule has 2 aliphatic rings. The molecule has 49 heavy (non-hydrogen) atoms. The fourth-order valence-electron chi connectivity index (χ4n) is 6.14. The molecule has 4 aromatic heterocycles. The lowest BCUT2D eigenvalue weighted by atomic mass is 9.89. The number of carboxylic acids is 2. The van der Waals surface area contributed by atoms with Gasteiger partial charge in [0.25, 0.3) is 0 Å². The van der Waals surface area contributed by atoms with Gasteiger partial charge in [-0.1, -0.05) is 61.8 Å². The van der Waals surface area contributed by atoms with Crippen molar-refractivity contribution in [3.63, 3.8) is 0 Å². The van der Waals surface area contributed by atoms with Gasteiger partial charge in [0.2, 0.25) is 0 Å². The number of carbonyl (C=O) groups is 2. The summed E-state index contributed by atoms with van der Waals surface area (Å²) in [6, 6.07) is 6.97. The summed E-state index contributed by atoms with van der Waals surface area (Å²) in [7, 11) is 0. The van der Waals surface area contributed by atoms with E-state index in [0.717, 1.165) is 24.1 Å². The number of anilines is 2. The van der Waals surface area contributed by atoms with Gasteiger partial charge >= 0.3 is 11.9 Å². The zero-order valence-corrected chi connectivity index (χ0v) is 27.5. The Labute approximate surface area is 285 Å². The van der Waals surface area contributed by atoms with Crippen LogP contribution in [0.3, 0.4) is 0 Å². The summed E-state index contributed by atoms with van der Waals surface area (Å²) < 4.78 is 3.95. The molecule has 2 unspecified atom stereocenters. The molecule has 0 aromatic carbocycles. The van der Waals surface area contributed by atoms with Crippen LogP contribution in [0.4, 0.5) is 11.6 Å². The first-order valence-electron chi connectivity index (χ1n) is 16.7. The summed E-state index contributed by atoms with van der Waals surface area (Å²) in [6.45, 7) is 1.60. The predicted octanol–water partition coefficient (Wildman–Crippen LogP) is 5.57. The van der Waals surface area contributed by atoms with Gasteiger partial charge in [-0.15, -0.1) is 0 Å². The summed E-state index contributed by atoms with van der Waals surface area (Å²) in [5.74, 6) is -1.61. The Morgan fingerprint density at radius 3 is 1.90 bits per heavy atom. The first kappa shape index (κ1) is 34.8. The van der Waals surface area contributed by atoms with Crippen molar-refractivity contribution in [2.24, 2.45) is 5.92 Å². The van der Waals surface area contributed by atoms with Crippen LogP contribution in [0.5, 0.6) is 0 Å². The number of hydrogen-bond acceptors (Lipinski definition) is 8. The maximum absolute atomic E-state index is 11.7. The largest absolute Gasteiger partial charge is 0.481 e. The van der Waals surface area contributed by atoms with Crippen LogP contribution < -0.4 is 11.5 Å². The number of aromatic nitrogens is 6. The van der Waals surface area contributed by atoms with Gasteiger partial charge in [-0.25, -0.2) is 19.9 Å². The molecule has 4 heterocycles. The van der Waals surface area contributed by atoms with E-state index in [1.165, 1.54) is 37.7 Å². The zero-order chi connectivity index (χ0) is 34.6. The van der Waals surface area contributed by atoms with Crippen molar-refractivity contribution in [1.29, 1.82) is 0 Å². The molecule has 0 saturated heterocycles. The van der Waals surface area contributed by atoms with Crippen LogP contribution in [-0.4, -0.2) is 51.2 Å². The number of hydrogen-bond donors (Lipinski definition) is 4. The highest BCUT2D eigenvalue weighted by Crippen LogP contribution is 2.26. The molecule has 12 heteroatoms. The molecule has 4 aromatic rings. The average Bonchev–Trinajstić information content (AvgIpc) is 3.67. The first-order chi connectivity index (χ1) is 23.7. The molecule has 6 rings (SSSR count). The highest BCUT2D eigenvalue weighted by atomic mass is 16.4. The molecule has 0 radical (unpaired) electrons. The predicted molar refractivity (Wildman–Crippen MR) is 187 cm³/mol. The molecule has 2 atom stereocenters. The molecule has 2 aliphatic carbocycles. The van der Waals surface area contributed by atoms with Gasteiger partial charge in [-0.2, -0.15) is 0 Å². The third-order valence-electron chi connectivity index (χ3n) is 8.82. The normalized spacial score (nSPS) is 15.8. The third kappa shape index (κ3) is 10.5. The maximum Gasteiger partial charge on any atom is 0.312 e. The average molecular weight is 665 g/mol. The number of aliphatic carboxylic acids is 2. The van der Waals surface area contributed by atoms with Gasteiger partial charge in [0.05, 0.1) is 24.0 Å². The quantitative estimate of drug-likeness (QED) is 0.149. The number of imidazole rings is 2. The lowest BCUT2D eigenvalue weighted by Crippen LogP contribution is -2.15. The second-order valence-electron chi connectivity index (χ2n) is 12.6. The number of pyridine rings is 2. The van der Waals surface area contributed by atoms with E-state index in [1.807, 2.05) is 33.5 Å². The van der Waals surface area contributed by atoms with Crippen LogP contribution in [0.25, 0.3) is 0 Å². The number of nitrogens with two attached hydrogens (primary N) is 2. The van der Waals surface area contributed by atoms with Gasteiger partial charge in [0.15, 0.2) is 0 Å². The van der Waals surface area contributed by atoms with E-state index in [0.29, 0.717) is 48.3 Å². The molecule has 1 fully saturated rings. The van der Waals surface area contributed by atoms with E-state index in [4.69, 9.17) is 11.5 Å². The number of nitrogens with zero attached hydrogens (tertiary/aromatic N) is 6. The van der Waals surface area contributed by atoms with E-state index < -0.39 is 23.8 Å². The molecule has 0 spiro atoms. The minimum Gasteiger partial charge on any atom is -0.481 e. The Hall–Kier alpha value is -5.52. The minimum absolute atomic E-state index is 0.326. The summed E-state index contributed by atoms with van der Waals surface area (Å²) in [5.41, 5.74) is 15.1. The van der Waals surface area contributed by atoms with Crippen LogP contribution in [-0.2, 0) is 35.5 Å². The highest BCUT2D eigenvalue weighted by molar-refractivity contribution is 5.76. The number of nitrogen functional groups attached to an aromatic ring is 2. The lowest BCUT2D eigenvalue weighted by molar-refractivity contribution is -0.139. The van der Waals surface area contributed by atoms with Gasteiger partial charge in [0.1, 0.15) is 23.5 Å². The van der Waals surface area contributed by atoms with Crippen LogP contribution in [0, 0.1) is 5.92 Å². The molecule has 12 nitrogen and oxygen atoms in total. The van der Waals surface area contributed by atoms with Crippen LogP contribution >= 0.6 is 0 Å². The van der Waals surface area contributed by atoms with Crippen LogP contribution in [0.15, 0.2) is 97.7 Å². The Balaban J connectivity index is 0.000000191. The van der Waals surface area contributed by atoms with E-state index in [2.05, 4.69) is 38.2 Å². The molecule has 0 bridgehead atoms. The Morgan fingerprint density at radius 1 is 0.776 bits per heavy atom. The molecule has 6 N–H and O–H groups in total. The highest BCUT2D eigenvalue weighted by Gasteiger charge is 2.25. The number of allylic oxidation sites excluding steroid dienone is 6. The van der Waals surface area contributed by atoms with Gasteiger partial charge < -0.3 is 30.8 Å². The fourth-order valence-corrected chi connectivity index (χ4v) is 6.14. The Morgan fingerprint density at radius 2 is 1.35 bits per heavy atom. The maximum atomic E-state index is 11.7. The summed E-state index contributed by atoms with van der Waals surface area (Å²) >= 11 is 0. The Bertz CT molecular complexity index is 1770. The van der Waals surface area contributed by atoms with Crippen LogP contribution in [0.1, 0.15) is 72.9 Å². The lowest BCUT2D eigenvalue weighted by Gasteiger charge is -2.21. The van der Waals surface area contributed by atoms with E-state index >= 15 is 0 Å². The molecular formula is C37H44N8O4. The van der Waals surface area contributed by atoms with Gasteiger partial charge in [-0.05, 0) is 66.9 Å². The first-order valence-corrected chi connectivity index (χ1v) is 16.7. The standard InChI is InChI=1S/C19H20N4O2.C18H24N4O2/c20-18-8-7-15(10-21-18)9-16(19(24)25)17-12-23(13-22-17)11-14-5-3-1-2-4-6-14;19-17-7-6-14(9-20-17)8-15(18(23)24)16-11-22(12-21-16)10-13-4-2-1-3-5-13/h1-3,5-8,10,12-13,16H,4,9,11H2,(H2,20,21)(H,24,25);6-7,9,11-13,15H,1-5,8,10H2,(H2,19,20)(H,23,24). The molecule has 0 amide bonds. The van der Waals surface area contributed by atoms with E-state index in [-0.39, 0.29) is 0 Å². The molecular weight excluding hydrogens is 620 g/mol. The fraction of sp³-hybridized carbons (Fsp3) is 0.351. The summed E-state index contributed by atoms with van der Waals surface area (Å²) in [4.78, 5) is 40.1. The molecule has 256 valence electrons. The van der Waals surface area contributed by atoms with Crippen LogP contribution in [0.2, 0.25) is 0 Å². The SMILES string of the molecule is Nc1ccc(CC(C(=O)O)c2cn(CC3=CCC=CC=C3)cn2)cn1.Nc1ccc(CC(C(=O)O)c2cn(CC3CCCCC3)cn2)cn1. The van der Waals surface area contributed by atoms with Crippen molar-refractivity contribution in [2.45, 2.75) is 76.3 Å². The van der Waals surface area contributed by atoms with Crippen molar-refractivity contribution in [3.8, 4) is 0 Å².